The molecule has 2 saturated heterocycles. The minimum atomic E-state index is -0.619. The lowest BCUT2D eigenvalue weighted by Gasteiger charge is -2.27. The molecule has 8 heterocycles. The first-order chi connectivity index (χ1) is 68.4. The predicted molar refractivity (Wildman–Crippen MR) is 570 cm³/mol. The number of rotatable bonds is 30. The Morgan fingerprint density at radius 1 is 0.415 bits per heavy atom. The molecule has 0 aliphatic carbocycles. The van der Waals surface area contributed by atoms with Gasteiger partial charge in [0.2, 0.25) is 10.9 Å². The van der Waals surface area contributed by atoms with Crippen LogP contribution in [-0.4, -0.2) is 96.5 Å². The molecule has 15 aromatic rings. The van der Waals surface area contributed by atoms with Gasteiger partial charge in [-0.05, 0) is 130 Å². The average Bonchev–Trinajstić information content (AvgIpc) is 0.930. The lowest BCUT2D eigenvalue weighted by atomic mass is 10.2. The number of nitro groups is 2. The molecule has 2 aliphatic heterocycles. The molecule has 4 amide bonds. The van der Waals surface area contributed by atoms with Crippen molar-refractivity contribution in [1.82, 2.24) is 53.2 Å². The van der Waals surface area contributed by atoms with Crippen molar-refractivity contribution >= 4 is 140 Å². The molecule has 2 N–H and O–H groups in total. The summed E-state index contributed by atoms with van der Waals surface area (Å²) < 4.78 is 25.2. The number of hydrogen-bond donors (Lipinski definition) is 2. The number of piperazine rings is 1. The van der Waals surface area contributed by atoms with E-state index in [1.165, 1.54) is 46.0 Å². The Labute approximate surface area is 868 Å². The highest BCUT2D eigenvalue weighted by Crippen LogP contribution is 2.37. The molecule has 6 aromatic heterocycles. The first-order valence-electron chi connectivity index (χ1n) is 44.6. The van der Waals surface area contributed by atoms with Crippen LogP contribution in [0.3, 0.4) is 0 Å². The van der Waals surface area contributed by atoms with E-state index in [0.29, 0.717) is 109 Å². The highest BCUT2D eigenvalue weighted by molar-refractivity contribution is 9.11. The smallest absolute Gasteiger partial charge is 0.317 e. The molecule has 0 radical (unpaired) electrons. The summed E-state index contributed by atoms with van der Waals surface area (Å²) in [6, 6.07) is 81.2. The molecule has 0 saturated carbocycles. The first-order valence-corrected chi connectivity index (χ1v) is 51.5. The van der Waals surface area contributed by atoms with Crippen molar-refractivity contribution in [3.63, 3.8) is 0 Å². The number of benzene rings is 9. The van der Waals surface area contributed by atoms with Crippen molar-refractivity contribution in [2.75, 3.05) is 26.2 Å². The van der Waals surface area contributed by atoms with Crippen LogP contribution in [0.15, 0.2) is 351 Å². The number of aromatic nitrogens is 7. The Morgan fingerprint density at radius 3 is 1.27 bits per heavy atom. The number of nitrogens with one attached hydrogen (secondary N) is 2. The summed E-state index contributed by atoms with van der Waals surface area (Å²) in [6.45, 7) is 16.8. The molecule has 28 nitrogen and oxygen atoms in total. The number of para-hydroxylation sites is 2. The number of amides is 4. The Morgan fingerprint density at radius 2 is 0.803 bits per heavy atom. The molecule has 0 bridgehead atoms. The Kier molecular flexibility index (Phi) is 38.2. The maximum atomic E-state index is 12.7. The zero-order valence-corrected chi connectivity index (χ0v) is 87.5. The minimum Gasteiger partial charge on any atom is -0.483 e. The zero-order chi connectivity index (χ0) is 101. The largest absolute Gasteiger partial charge is 0.483 e. The fraction of sp³-hybridized carbons (Fsp3) is 0.198. The lowest BCUT2D eigenvalue weighted by molar-refractivity contribution is -0.385. The third kappa shape index (κ3) is 28.7. The van der Waals surface area contributed by atoms with Crippen molar-refractivity contribution in [2.24, 2.45) is 0 Å². The number of hydrogen-bond acceptors (Lipinski definition) is 21. The van der Waals surface area contributed by atoms with E-state index in [-0.39, 0.29) is 80.4 Å². The van der Waals surface area contributed by atoms with Gasteiger partial charge in [0.15, 0.2) is 32.7 Å². The second-order valence-electron chi connectivity index (χ2n) is 32.7. The average molecular weight is 2240 g/mol. The van der Waals surface area contributed by atoms with Crippen molar-refractivity contribution < 1.29 is 33.7 Å². The normalized spacial score (nSPS) is 12.0. The van der Waals surface area contributed by atoms with Crippen LogP contribution >= 0.6 is 110 Å². The van der Waals surface area contributed by atoms with Gasteiger partial charge in [0.25, 0.3) is 22.5 Å². The monoisotopic (exact) mass is 2240 g/mol. The van der Waals surface area contributed by atoms with Crippen molar-refractivity contribution in [3.8, 4) is 11.5 Å². The van der Waals surface area contributed by atoms with E-state index in [1.807, 2.05) is 231 Å². The summed E-state index contributed by atoms with van der Waals surface area (Å²) in [6.07, 6.45) is 5.35. The standard InChI is InChI=1S/C24H23N3O4.C23H23N3O3.C21H21NO2S2.C19H15Br3N2OS.C19H15BrN4O5S/c28-21-13-20(15-26-12-11-25-23(29)24(26)30)27(14-18-7-3-1-4-8-18)16-22(21)31-17-19-9-5-2-6-10-19;27-21-13-20(15-25-12-11-24-23(25)28)26(14-18-7-3-1-4-8-18)16-22(21)29-17-19-9-5-2-6-10-19;1-13-10-22(11-17-8-6-5-7-9-17)20(15(3)18(13)23)26-21-16(4)19(24)14(2)12-25-21;1-12-17(22)18(25)23-19(26-11-14-7-3-5-9-16(14)21)24(12)10-13-6-2-4-8-15(13)20;1-12-17(20)18(25)21-19(30-11-14-7-3-5-9-16(14)24(28)29)22(12)10-13-6-2-4-8-15(13)23(26)27/h1-10,13,16H,11-12,14-15,17H2,(H,25,29);1-10,13,16H,11-12,14-15,17H2,(H,24,28);5-10,12H,11H2,1-4H3;2-9H,10-11H2,1H3;2-9H,10-11H2,1H3. The van der Waals surface area contributed by atoms with Gasteiger partial charge in [-0.1, -0.05) is 292 Å². The quantitative estimate of drug-likeness (QED) is 0.0139. The summed E-state index contributed by atoms with van der Waals surface area (Å²) in [4.78, 5) is 144. The van der Waals surface area contributed by atoms with E-state index in [1.54, 1.807) is 94.3 Å². The van der Waals surface area contributed by atoms with Gasteiger partial charge in [-0.3, -0.25) is 58.6 Å². The van der Waals surface area contributed by atoms with E-state index in [2.05, 4.69) is 118 Å². The number of carbonyl (C=O) groups is 3. The van der Waals surface area contributed by atoms with Gasteiger partial charge in [-0.15, -0.1) is 11.3 Å². The lowest BCUT2D eigenvalue weighted by Crippen LogP contribution is -2.51. The van der Waals surface area contributed by atoms with Crippen LogP contribution in [0.2, 0.25) is 0 Å². The molecular formula is C106H97Br4N13O15S4. The molecule has 728 valence electrons. The van der Waals surface area contributed by atoms with Crippen LogP contribution in [0, 0.1) is 61.8 Å². The molecule has 36 heteroatoms. The van der Waals surface area contributed by atoms with Crippen molar-refractivity contribution in [1.29, 1.82) is 0 Å². The van der Waals surface area contributed by atoms with Crippen LogP contribution in [0.1, 0.15) is 95.1 Å². The first kappa shape index (κ1) is 106. The maximum Gasteiger partial charge on any atom is 0.317 e. The molecule has 0 unspecified atom stereocenters. The van der Waals surface area contributed by atoms with Crippen molar-refractivity contribution in [2.45, 2.75) is 132 Å². The summed E-state index contributed by atoms with van der Waals surface area (Å²) in [7, 11) is 0. The zero-order valence-electron chi connectivity index (χ0n) is 77.9. The van der Waals surface area contributed by atoms with Gasteiger partial charge >= 0.3 is 17.8 Å². The third-order valence-corrected chi connectivity index (χ3v) is 30.9. The van der Waals surface area contributed by atoms with Gasteiger partial charge in [-0.25, -0.2) is 4.79 Å². The van der Waals surface area contributed by atoms with Crippen LogP contribution in [-0.2, 0) is 80.1 Å². The second kappa shape index (κ2) is 51.3. The van der Waals surface area contributed by atoms with Crippen LogP contribution in [0.5, 0.6) is 11.5 Å². The molecule has 142 heavy (non-hydrogen) atoms. The number of nitro benzene ring substituents is 2. The molecular weight excluding hydrogens is 2140 g/mol. The van der Waals surface area contributed by atoms with Gasteiger partial charge in [-0.2, -0.15) is 9.97 Å². The Bertz CT molecular complexity index is 7470. The van der Waals surface area contributed by atoms with Crippen LogP contribution < -0.4 is 52.9 Å². The molecule has 9 aromatic carbocycles. The number of nitrogens with zero attached hydrogens (tertiary/aromatic N) is 11. The Hall–Kier alpha value is -13.5. The molecule has 2 aliphatic rings. The number of pyridine rings is 3. The van der Waals surface area contributed by atoms with Gasteiger partial charge < -0.3 is 52.7 Å². The highest BCUT2D eigenvalue weighted by Gasteiger charge is 2.29. The second-order valence-corrected chi connectivity index (χ2v) is 40.1. The molecule has 2 fully saturated rings. The predicted octanol–water partition coefficient (Wildman–Crippen LogP) is 20.3. The highest BCUT2D eigenvalue weighted by atomic mass is 79.9. The van der Waals surface area contributed by atoms with E-state index < -0.39 is 27.2 Å². The minimum absolute atomic E-state index is 0.0218. The Balaban J connectivity index is 0.000000149. The number of aryl methyl sites for hydroxylation is 2. The number of halogens is 4. The van der Waals surface area contributed by atoms with Crippen LogP contribution in [0.4, 0.5) is 16.2 Å². The summed E-state index contributed by atoms with van der Waals surface area (Å²) >= 11 is 19.6. The maximum absolute atomic E-state index is 12.7. The molecule has 17 rings (SSSR count). The van der Waals surface area contributed by atoms with Gasteiger partial charge in [0.1, 0.15) is 22.2 Å². The van der Waals surface area contributed by atoms with Crippen LogP contribution in [0.25, 0.3) is 0 Å². The number of thioether (sulfide) groups is 2. The SMILES string of the molecule is Cc1c(Br)c(=O)nc(SCc2ccccc2Br)n1Cc1ccccc1Br.Cc1c(Br)c(=O)nc(SCc2ccccc2[N+](=O)[O-])n1Cc1ccccc1[N+](=O)[O-].Cc1csc(Sc2c(C)c(=O)c(C)cn2Cc2ccccc2)c(C)c1=O.O=C1NCCN(Cc2cc(=O)c(OCc3ccccc3)cn2Cc2ccccc2)C1=O.O=C1NCCN1Cc1cc(=O)c(OCc2ccccc2)cn1Cc1ccccc1. The van der Waals surface area contributed by atoms with Gasteiger partial charge in [0, 0.05) is 153 Å². The topological polar surface area (TPSA) is 339 Å². The fourth-order valence-corrected chi connectivity index (χ4v) is 20.8. The van der Waals surface area contributed by atoms with Crippen molar-refractivity contribution in [3.05, 3.63) is 480 Å². The third-order valence-electron chi connectivity index (χ3n) is 22.7. The van der Waals surface area contributed by atoms with E-state index in [0.717, 1.165) is 97.2 Å². The molecule has 0 atom stereocenters. The summed E-state index contributed by atoms with van der Waals surface area (Å²) in [5, 5.41) is 31.8. The summed E-state index contributed by atoms with van der Waals surface area (Å²) in [5.74, 6) is 0.276. The number of carbonyl (C=O) groups excluding carboxylic acids is 3. The fourth-order valence-electron chi connectivity index (χ4n) is 15.0. The summed E-state index contributed by atoms with van der Waals surface area (Å²) in [5.41, 5.74) is 13.3. The number of ether oxygens (including phenoxy) is 2. The number of urea groups is 1. The van der Waals surface area contributed by atoms with Gasteiger partial charge in [0.05, 0.1) is 57.7 Å². The van der Waals surface area contributed by atoms with E-state index in [4.69, 9.17) is 9.47 Å². The molecule has 0 spiro atoms. The van der Waals surface area contributed by atoms with E-state index >= 15 is 0 Å². The van der Waals surface area contributed by atoms with E-state index in [9.17, 15) is 63.4 Å².